The first-order valence-corrected chi connectivity index (χ1v) is 11.2. The number of aliphatic imine (C=N–C) groups is 1. The molecule has 1 aliphatic carbocycles. The SMILES string of the molecule is CCNC(=NCC(C)Oc1ccccc1)NC1CCN(C(=O)C2CCCCC2)C1.I. The van der Waals surface area contributed by atoms with Crippen LogP contribution in [0.25, 0.3) is 0 Å². The number of nitrogens with one attached hydrogen (secondary N) is 2. The van der Waals surface area contributed by atoms with Gasteiger partial charge in [0.25, 0.3) is 0 Å². The Kier molecular flexibility index (Phi) is 10.7. The molecule has 1 saturated carbocycles. The van der Waals surface area contributed by atoms with Crippen LogP contribution in [-0.2, 0) is 4.79 Å². The van der Waals surface area contributed by atoms with Crippen LogP contribution in [0.3, 0.4) is 0 Å². The van der Waals surface area contributed by atoms with E-state index in [2.05, 4.69) is 22.5 Å². The lowest BCUT2D eigenvalue weighted by Crippen LogP contribution is -2.46. The summed E-state index contributed by atoms with van der Waals surface area (Å²) in [5.41, 5.74) is 0. The average molecular weight is 528 g/mol. The van der Waals surface area contributed by atoms with Crippen LogP contribution < -0.4 is 15.4 Å². The average Bonchev–Trinajstić information content (AvgIpc) is 3.21. The molecule has 0 aromatic heterocycles. The van der Waals surface area contributed by atoms with E-state index in [1.165, 1.54) is 19.3 Å². The summed E-state index contributed by atoms with van der Waals surface area (Å²) < 4.78 is 5.91. The minimum absolute atomic E-state index is 0. The molecule has 1 aliphatic heterocycles. The topological polar surface area (TPSA) is 66.0 Å². The van der Waals surface area contributed by atoms with E-state index in [0.717, 1.165) is 50.6 Å². The highest BCUT2D eigenvalue weighted by atomic mass is 127. The van der Waals surface area contributed by atoms with Crippen molar-refractivity contribution >= 4 is 35.8 Å². The highest BCUT2D eigenvalue weighted by molar-refractivity contribution is 14.0. The van der Waals surface area contributed by atoms with Gasteiger partial charge in [-0.2, -0.15) is 0 Å². The molecule has 7 heteroatoms. The number of benzene rings is 1. The van der Waals surface area contributed by atoms with Crippen LogP contribution in [0.1, 0.15) is 52.4 Å². The van der Waals surface area contributed by atoms with Crippen molar-refractivity contribution in [2.45, 2.75) is 64.5 Å². The molecule has 1 aromatic carbocycles. The summed E-state index contributed by atoms with van der Waals surface area (Å²) in [4.78, 5) is 19.5. The van der Waals surface area contributed by atoms with Crippen LogP contribution in [0.2, 0.25) is 0 Å². The third-order valence-corrected chi connectivity index (χ3v) is 5.73. The lowest BCUT2D eigenvalue weighted by atomic mass is 9.88. The largest absolute Gasteiger partial charge is 0.489 e. The van der Waals surface area contributed by atoms with Gasteiger partial charge < -0.3 is 20.3 Å². The Morgan fingerprint density at radius 3 is 2.63 bits per heavy atom. The Labute approximate surface area is 198 Å². The number of nitrogens with zero attached hydrogens (tertiary/aromatic N) is 2. The second-order valence-electron chi connectivity index (χ2n) is 8.21. The molecule has 2 unspecified atom stereocenters. The van der Waals surface area contributed by atoms with Gasteiger partial charge in [-0.05, 0) is 45.2 Å². The van der Waals surface area contributed by atoms with Gasteiger partial charge in [0.15, 0.2) is 5.96 Å². The monoisotopic (exact) mass is 528 g/mol. The molecule has 0 spiro atoms. The van der Waals surface area contributed by atoms with Gasteiger partial charge in [0.05, 0.1) is 6.54 Å². The Hall–Kier alpha value is -1.51. The number of ether oxygens (including phenoxy) is 1. The van der Waals surface area contributed by atoms with Gasteiger partial charge >= 0.3 is 0 Å². The van der Waals surface area contributed by atoms with Gasteiger partial charge in [-0.25, -0.2) is 4.99 Å². The maximum Gasteiger partial charge on any atom is 0.225 e. The van der Waals surface area contributed by atoms with Crippen molar-refractivity contribution in [3.05, 3.63) is 30.3 Å². The first-order chi connectivity index (χ1) is 14.2. The second kappa shape index (κ2) is 13.0. The quantitative estimate of drug-likeness (QED) is 0.321. The van der Waals surface area contributed by atoms with E-state index in [4.69, 9.17) is 9.73 Å². The minimum Gasteiger partial charge on any atom is -0.489 e. The van der Waals surface area contributed by atoms with Crippen LogP contribution in [-0.4, -0.2) is 55.1 Å². The summed E-state index contributed by atoms with van der Waals surface area (Å²) in [7, 11) is 0. The van der Waals surface area contributed by atoms with Gasteiger partial charge in [0.1, 0.15) is 11.9 Å². The van der Waals surface area contributed by atoms with E-state index in [0.29, 0.717) is 12.5 Å². The Bertz CT molecular complexity index is 664. The number of para-hydroxylation sites is 1. The van der Waals surface area contributed by atoms with Crippen molar-refractivity contribution in [3.8, 4) is 5.75 Å². The van der Waals surface area contributed by atoms with Crippen molar-refractivity contribution in [3.63, 3.8) is 0 Å². The molecule has 1 saturated heterocycles. The fraction of sp³-hybridized carbons (Fsp3) is 0.652. The number of carbonyl (C=O) groups is 1. The Morgan fingerprint density at radius 2 is 1.93 bits per heavy atom. The zero-order chi connectivity index (χ0) is 20.5. The third kappa shape index (κ3) is 7.63. The number of likely N-dealkylation sites (tertiary alicyclic amines) is 1. The van der Waals surface area contributed by atoms with Crippen LogP contribution in [0.15, 0.2) is 35.3 Å². The maximum absolute atomic E-state index is 12.8. The number of rotatable bonds is 7. The summed E-state index contributed by atoms with van der Waals surface area (Å²) in [6, 6.07) is 10.1. The highest BCUT2D eigenvalue weighted by Gasteiger charge is 2.31. The van der Waals surface area contributed by atoms with E-state index in [9.17, 15) is 4.79 Å². The minimum atomic E-state index is -0.0131. The van der Waals surface area contributed by atoms with Gasteiger partial charge in [-0.3, -0.25) is 4.79 Å². The molecule has 3 rings (SSSR count). The smallest absolute Gasteiger partial charge is 0.225 e. The first kappa shape index (κ1) is 24.8. The number of halogens is 1. The fourth-order valence-corrected chi connectivity index (χ4v) is 4.19. The lowest BCUT2D eigenvalue weighted by molar-refractivity contribution is -0.135. The van der Waals surface area contributed by atoms with Crippen molar-refractivity contribution < 1.29 is 9.53 Å². The number of amides is 1. The van der Waals surface area contributed by atoms with E-state index in [-0.39, 0.29) is 42.0 Å². The van der Waals surface area contributed by atoms with Crippen LogP contribution >= 0.6 is 24.0 Å². The zero-order valence-electron chi connectivity index (χ0n) is 18.3. The van der Waals surface area contributed by atoms with Gasteiger partial charge in [-0.1, -0.05) is 37.5 Å². The number of hydrogen-bond acceptors (Lipinski definition) is 3. The standard InChI is InChI=1S/C23H36N4O2.HI/c1-3-24-23(25-16-18(2)29-21-12-8-5-9-13-21)26-20-14-15-27(17-20)22(28)19-10-6-4-7-11-19;/h5,8-9,12-13,18-20H,3-4,6-7,10-11,14-17H2,1-2H3,(H2,24,25,26);1H. The van der Waals surface area contributed by atoms with Crippen LogP contribution in [0.5, 0.6) is 5.75 Å². The molecule has 0 bridgehead atoms. The molecular formula is C23H37IN4O2. The normalized spacial score (nSPS) is 20.9. The van der Waals surface area contributed by atoms with Crippen molar-refractivity contribution in [2.24, 2.45) is 10.9 Å². The highest BCUT2D eigenvalue weighted by Crippen LogP contribution is 2.26. The van der Waals surface area contributed by atoms with Gasteiger partial charge in [-0.15, -0.1) is 24.0 Å². The molecule has 0 radical (unpaired) electrons. The van der Waals surface area contributed by atoms with Crippen molar-refractivity contribution in [2.75, 3.05) is 26.2 Å². The maximum atomic E-state index is 12.8. The number of guanidine groups is 1. The molecule has 1 amide bonds. The molecule has 1 heterocycles. The van der Waals surface area contributed by atoms with E-state index >= 15 is 0 Å². The number of carbonyl (C=O) groups excluding carboxylic acids is 1. The van der Waals surface area contributed by atoms with Crippen molar-refractivity contribution in [1.29, 1.82) is 0 Å². The summed E-state index contributed by atoms with van der Waals surface area (Å²) in [5.74, 6) is 2.27. The van der Waals surface area contributed by atoms with Crippen LogP contribution in [0, 0.1) is 5.92 Å². The summed E-state index contributed by atoms with van der Waals surface area (Å²) in [6.45, 7) is 7.09. The molecule has 168 valence electrons. The first-order valence-electron chi connectivity index (χ1n) is 11.2. The summed E-state index contributed by atoms with van der Waals surface area (Å²) >= 11 is 0. The van der Waals surface area contributed by atoms with Gasteiger partial charge in [0.2, 0.25) is 5.91 Å². The molecule has 2 aliphatic rings. The molecule has 30 heavy (non-hydrogen) atoms. The zero-order valence-corrected chi connectivity index (χ0v) is 20.6. The summed E-state index contributed by atoms with van der Waals surface area (Å²) in [5, 5.41) is 6.83. The number of hydrogen-bond donors (Lipinski definition) is 2. The Morgan fingerprint density at radius 1 is 1.20 bits per heavy atom. The van der Waals surface area contributed by atoms with Crippen LogP contribution in [0.4, 0.5) is 0 Å². The molecular weight excluding hydrogens is 491 g/mol. The fourth-order valence-electron chi connectivity index (χ4n) is 4.19. The van der Waals surface area contributed by atoms with Crippen molar-refractivity contribution in [1.82, 2.24) is 15.5 Å². The van der Waals surface area contributed by atoms with E-state index in [1.54, 1.807) is 0 Å². The summed E-state index contributed by atoms with van der Waals surface area (Å²) in [6.07, 6.45) is 6.77. The molecule has 6 nitrogen and oxygen atoms in total. The predicted molar refractivity (Wildman–Crippen MR) is 133 cm³/mol. The Balaban J connectivity index is 0.00000320. The molecule has 1 aromatic rings. The molecule has 2 fully saturated rings. The molecule has 2 atom stereocenters. The van der Waals surface area contributed by atoms with E-state index < -0.39 is 0 Å². The van der Waals surface area contributed by atoms with E-state index in [1.807, 2.05) is 37.3 Å². The third-order valence-electron chi connectivity index (χ3n) is 5.73. The second-order valence-corrected chi connectivity index (χ2v) is 8.21. The lowest BCUT2D eigenvalue weighted by Gasteiger charge is -2.26. The van der Waals surface area contributed by atoms with Gasteiger partial charge in [0, 0.05) is 31.6 Å². The predicted octanol–water partition coefficient (Wildman–Crippen LogP) is 3.81. The molecule has 2 N–H and O–H groups in total.